The molecule has 6 nitrogen and oxygen atoms in total. The molecular weight excluding hydrogens is 654 g/mol. The summed E-state index contributed by atoms with van der Waals surface area (Å²) in [5.41, 5.74) is 0.945. The Morgan fingerprint density at radius 3 is 2.04 bits per heavy atom. The number of methoxy groups -OCH3 is 1. The third kappa shape index (κ3) is 9.02. The van der Waals surface area contributed by atoms with Crippen LogP contribution in [0.2, 0.25) is 10.0 Å². The van der Waals surface area contributed by atoms with Crippen LogP contribution in [-0.2, 0) is 31.0 Å². The summed E-state index contributed by atoms with van der Waals surface area (Å²) >= 11 is 12.4. The number of amides is 1. The average Bonchev–Trinajstić information content (AvgIpc) is 3.83. The molecule has 1 fully saturated rings. The molecule has 3 aromatic rings. The van der Waals surface area contributed by atoms with Crippen LogP contribution in [0.4, 0.5) is 13.2 Å². The van der Waals surface area contributed by atoms with E-state index in [9.17, 15) is 32.3 Å². The van der Waals surface area contributed by atoms with Crippen LogP contribution in [0.1, 0.15) is 62.3 Å². The molecule has 0 bridgehead atoms. The summed E-state index contributed by atoms with van der Waals surface area (Å²) in [7, 11) is 1.45. The first-order valence-electron chi connectivity index (χ1n) is 15.3. The monoisotopic (exact) mass is 689 g/mol. The quantitative estimate of drug-likeness (QED) is 0.174. The second-order valence-corrected chi connectivity index (χ2v) is 13.2. The van der Waals surface area contributed by atoms with Gasteiger partial charge in [-0.1, -0.05) is 73.4 Å². The summed E-state index contributed by atoms with van der Waals surface area (Å²) in [6.45, 7) is 2.87. The Morgan fingerprint density at radius 1 is 0.894 bits per heavy atom. The van der Waals surface area contributed by atoms with E-state index < -0.39 is 59.3 Å². The minimum Gasteiger partial charge on any atom is -0.497 e. The number of carbonyl (C=O) groups excluding carboxylic acids is 4. The first-order chi connectivity index (χ1) is 22.1. The number of Topliss-reactive ketones (excluding diaryl/α,β-unsaturated/α-hetero) is 3. The van der Waals surface area contributed by atoms with E-state index in [-0.39, 0.29) is 24.2 Å². The maximum absolute atomic E-state index is 14.1. The van der Waals surface area contributed by atoms with Gasteiger partial charge in [-0.15, -0.1) is 0 Å². The van der Waals surface area contributed by atoms with Crippen molar-refractivity contribution in [1.29, 1.82) is 0 Å². The first kappa shape index (κ1) is 36.2. The largest absolute Gasteiger partial charge is 0.497 e. The highest BCUT2D eigenvalue weighted by atomic mass is 35.5. The van der Waals surface area contributed by atoms with Crippen LogP contribution in [0.15, 0.2) is 72.8 Å². The van der Waals surface area contributed by atoms with Crippen molar-refractivity contribution in [2.75, 3.05) is 7.11 Å². The van der Waals surface area contributed by atoms with Crippen molar-refractivity contribution in [1.82, 2.24) is 5.32 Å². The zero-order valence-electron chi connectivity index (χ0n) is 26.2. The van der Waals surface area contributed by atoms with Crippen LogP contribution < -0.4 is 10.1 Å². The van der Waals surface area contributed by atoms with Crippen LogP contribution in [0.5, 0.6) is 5.75 Å². The molecule has 1 amide bonds. The highest BCUT2D eigenvalue weighted by Gasteiger charge is 2.51. The number of rotatable bonds is 15. The molecule has 47 heavy (non-hydrogen) atoms. The fraction of sp³-hybridized carbons (Fsp3) is 0.389. The summed E-state index contributed by atoms with van der Waals surface area (Å²) < 4.78 is 45.5. The maximum atomic E-state index is 14.1. The number of hydrogen-bond acceptors (Lipinski definition) is 5. The van der Waals surface area contributed by atoms with E-state index in [4.69, 9.17) is 27.9 Å². The molecular formula is C36H36Cl2F3NO5. The predicted molar refractivity (Wildman–Crippen MR) is 174 cm³/mol. The molecule has 250 valence electrons. The van der Waals surface area contributed by atoms with Crippen molar-refractivity contribution >= 4 is 46.5 Å². The Hall–Kier alpha value is -3.69. The molecule has 1 saturated carbocycles. The summed E-state index contributed by atoms with van der Waals surface area (Å²) in [4.78, 5) is 54.0. The van der Waals surface area contributed by atoms with E-state index >= 15 is 0 Å². The molecule has 0 radical (unpaired) electrons. The average molecular weight is 691 g/mol. The Balaban J connectivity index is 1.66. The summed E-state index contributed by atoms with van der Waals surface area (Å²) in [5, 5.41) is 3.65. The van der Waals surface area contributed by atoms with Gasteiger partial charge in [0.1, 0.15) is 17.6 Å². The van der Waals surface area contributed by atoms with Crippen molar-refractivity contribution < 1.29 is 37.1 Å². The second-order valence-electron chi connectivity index (χ2n) is 12.3. The van der Waals surface area contributed by atoms with E-state index in [2.05, 4.69) is 5.32 Å². The minimum atomic E-state index is -5.13. The fourth-order valence-corrected chi connectivity index (χ4v) is 6.25. The van der Waals surface area contributed by atoms with E-state index in [1.165, 1.54) is 33.1 Å². The number of halogens is 5. The van der Waals surface area contributed by atoms with E-state index in [1.807, 2.05) is 6.07 Å². The number of nitrogens with one attached hydrogen (secondary N) is 1. The smallest absolute Gasteiger partial charge is 0.450 e. The lowest BCUT2D eigenvalue weighted by molar-refractivity contribution is -0.177. The molecule has 11 heteroatoms. The van der Waals surface area contributed by atoms with Gasteiger partial charge in [0.05, 0.1) is 12.5 Å². The highest BCUT2D eigenvalue weighted by Crippen LogP contribution is 2.50. The van der Waals surface area contributed by atoms with Crippen LogP contribution in [0.25, 0.3) is 0 Å². The van der Waals surface area contributed by atoms with Crippen LogP contribution in [0.3, 0.4) is 0 Å². The lowest BCUT2D eigenvalue weighted by atomic mass is 9.83. The SMILES string of the molecule is COc1ccc([C@H](NC(=O)[C@@H](CC(=O)C2(c3cccc(Cl)c3)CC2)Cc2cccc(Cl)c2)C(=O)C[C@H](C(=O)C(F)(F)F)C(C)C)cc1. The molecule has 3 aromatic carbocycles. The fourth-order valence-electron chi connectivity index (χ4n) is 5.85. The van der Waals surface area contributed by atoms with Crippen molar-refractivity contribution in [3.05, 3.63) is 99.5 Å². The van der Waals surface area contributed by atoms with Gasteiger partial charge < -0.3 is 10.1 Å². The first-order valence-corrected chi connectivity index (χ1v) is 16.0. The third-order valence-electron chi connectivity index (χ3n) is 8.73. The molecule has 1 aliphatic carbocycles. The van der Waals surface area contributed by atoms with Gasteiger partial charge in [0, 0.05) is 34.7 Å². The van der Waals surface area contributed by atoms with E-state index in [0.29, 0.717) is 34.2 Å². The van der Waals surface area contributed by atoms with Crippen molar-refractivity contribution in [2.24, 2.45) is 17.8 Å². The molecule has 1 N–H and O–H groups in total. The molecule has 0 aromatic heterocycles. The Bertz CT molecular complexity index is 1620. The summed E-state index contributed by atoms with van der Waals surface area (Å²) in [6, 6.07) is 18.6. The van der Waals surface area contributed by atoms with Crippen molar-refractivity contribution in [3.63, 3.8) is 0 Å². The number of ether oxygens (including phenoxy) is 1. The topological polar surface area (TPSA) is 89.5 Å². The number of carbonyl (C=O) groups is 4. The normalized spacial score (nSPS) is 15.8. The second kappa shape index (κ2) is 15.0. The van der Waals surface area contributed by atoms with Gasteiger partial charge in [-0.3, -0.25) is 19.2 Å². The molecule has 3 atom stereocenters. The van der Waals surface area contributed by atoms with Crippen LogP contribution in [0, 0.1) is 17.8 Å². The van der Waals surface area contributed by atoms with Gasteiger partial charge in [-0.25, -0.2) is 0 Å². The standard InChI is InChI=1S/C36H36Cl2F3NO5/c1-21(2)29(33(45)36(39,40)41)20-30(43)32(23-10-12-28(47-3)13-11-23)42-34(46)24(16-22-6-4-8-26(37)17-22)18-31(44)35(14-15-35)25-7-5-9-27(38)19-25/h4-13,17,19,21,24,29,32H,14-16,18,20H2,1-3H3,(H,42,46)/t24-,29+,32+/m1/s1. The van der Waals surface area contributed by atoms with Crippen LogP contribution in [-0.4, -0.2) is 36.5 Å². The molecule has 0 saturated heterocycles. The Morgan fingerprint density at radius 2 is 1.51 bits per heavy atom. The molecule has 0 aliphatic heterocycles. The van der Waals surface area contributed by atoms with Gasteiger partial charge in [-0.2, -0.15) is 13.2 Å². The number of benzene rings is 3. The van der Waals surface area contributed by atoms with E-state index in [0.717, 1.165) is 5.56 Å². The zero-order valence-corrected chi connectivity index (χ0v) is 27.7. The lowest BCUT2D eigenvalue weighted by Crippen LogP contribution is -2.42. The number of ketones is 3. The maximum Gasteiger partial charge on any atom is 0.450 e. The third-order valence-corrected chi connectivity index (χ3v) is 9.20. The molecule has 4 rings (SSSR count). The minimum absolute atomic E-state index is 0.106. The van der Waals surface area contributed by atoms with Gasteiger partial charge in [0.25, 0.3) is 0 Å². The van der Waals surface area contributed by atoms with Gasteiger partial charge >= 0.3 is 6.18 Å². The van der Waals surface area contributed by atoms with Crippen molar-refractivity contribution in [3.8, 4) is 5.75 Å². The Labute approximate surface area is 282 Å². The predicted octanol–water partition coefficient (Wildman–Crippen LogP) is 8.07. The molecule has 0 heterocycles. The van der Waals surface area contributed by atoms with Gasteiger partial charge in [0.15, 0.2) is 5.78 Å². The molecule has 1 aliphatic rings. The Kier molecular flexibility index (Phi) is 11.6. The molecule has 0 spiro atoms. The zero-order chi connectivity index (χ0) is 34.5. The highest BCUT2D eigenvalue weighted by molar-refractivity contribution is 6.31. The number of alkyl halides is 3. The summed E-state index contributed by atoms with van der Waals surface area (Å²) in [6.07, 6.45) is -4.76. The van der Waals surface area contributed by atoms with Crippen LogP contribution >= 0.6 is 23.2 Å². The molecule has 0 unspecified atom stereocenters. The van der Waals surface area contributed by atoms with Crippen molar-refractivity contribution in [2.45, 2.75) is 63.6 Å². The van der Waals surface area contributed by atoms with Gasteiger partial charge in [0.2, 0.25) is 11.7 Å². The summed E-state index contributed by atoms with van der Waals surface area (Å²) in [5.74, 6) is -6.51. The van der Waals surface area contributed by atoms with E-state index in [1.54, 1.807) is 54.6 Å². The number of hydrogen-bond donors (Lipinski definition) is 1. The lowest BCUT2D eigenvalue weighted by Gasteiger charge is -2.26. The van der Waals surface area contributed by atoms with Gasteiger partial charge in [-0.05, 0) is 78.3 Å².